The van der Waals surface area contributed by atoms with E-state index in [1.54, 1.807) is 4.90 Å². The van der Waals surface area contributed by atoms with Gasteiger partial charge in [0.1, 0.15) is 17.7 Å². The van der Waals surface area contributed by atoms with Gasteiger partial charge < -0.3 is 45.2 Å². The van der Waals surface area contributed by atoms with Crippen LogP contribution in [-0.4, -0.2) is 86.1 Å². The maximum Gasteiger partial charge on any atom is 0.407 e. The fraction of sp³-hybridized carbons (Fsp3) is 0.457. The molecule has 3 saturated heterocycles. The number of H-pyrrole nitrogens is 2. The van der Waals surface area contributed by atoms with Gasteiger partial charge in [0.15, 0.2) is 6.10 Å². The summed E-state index contributed by atoms with van der Waals surface area (Å²) >= 11 is 0. The number of anilines is 1. The number of nitrogens with two attached hydrogens (primary N) is 1. The second kappa shape index (κ2) is 17.4. The largest absolute Gasteiger partial charge is 0.453 e. The van der Waals surface area contributed by atoms with Gasteiger partial charge in [-0.1, -0.05) is 39.8 Å². The Labute approximate surface area is 360 Å². The van der Waals surface area contributed by atoms with E-state index >= 15 is 0 Å². The van der Waals surface area contributed by atoms with Gasteiger partial charge in [0.25, 0.3) is 5.91 Å². The van der Waals surface area contributed by atoms with Crippen LogP contribution in [0.25, 0.3) is 22.1 Å². The van der Waals surface area contributed by atoms with Gasteiger partial charge in [0.2, 0.25) is 5.91 Å². The molecule has 3 aromatic carbocycles. The van der Waals surface area contributed by atoms with E-state index in [9.17, 15) is 24.4 Å². The van der Waals surface area contributed by atoms with E-state index < -0.39 is 24.3 Å². The van der Waals surface area contributed by atoms with Gasteiger partial charge in [-0.2, -0.15) is 5.26 Å². The monoisotopic (exact) mass is 842 g/mol. The lowest BCUT2D eigenvalue weighted by molar-refractivity contribution is -0.143. The minimum atomic E-state index is -0.974. The average molecular weight is 843 g/mol. The first kappa shape index (κ1) is 42.1. The number of hydrogen-bond donors (Lipinski definition) is 4. The highest BCUT2D eigenvalue weighted by atomic mass is 16.6. The molecule has 4 amide bonds. The Kier molecular flexibility index (Phi) is 11.8. The Hall–Kier alpha value is -6.63. The smallest absolute Gasteiger partial charge is 0.407 e. The average Bonchev–Trinajstić information content (AvgIpc) is 4.12. The van der Waals surface area contributed by atoms with Crippen molar-refractivity contribution in [1.82, 2.24) is 35.1 Å². The van der Waals surface area contributed by atoms with E-state index in [1.165, 1.54) is 7.11 Å². The number of hydrogen-bond acceptors (Lipinski definition) is 10. The second-order valence-corrected chi connectivity index (χ2v) is 17.3. The third-order valence-electron chi connectivity index (χ3n) is 12.7. The lowest BCUT2D eigenvalue weighted by Crippen LogP contribution is -2.51. The molecule has 16 heteroatoms. The number of aromatic amines is 2. The van der Waals surface area contributed by atoms with Crippen LogP contribution < -0.4 is 16.0 Å². The van der Waals surface area contributed by atoms with Gasteiger partial charge in [-0.05, 0) is 110 Å². The molecule has 3 aliphatic rings. The molecule has 0 spiro atoms. The lowest BCUT2D eigenvalue weighted by Gasteiger charge is -2.33. The number of amides is 4. The summed E-state index contributed by atoms with van der Waals surface area (Å²) in [7, 11) is 1.29. The number of nitrogens with zero attached hydrogens (tertiary/aromatic N) is 6. The second-order valence-electron chi connectivity index (χ2n) is 17.3. The van der Waals surface area contributed by atoms with E-state index in [1.807, 2.05) is 62.9 Å². The molecule has 0 radical (unpaired) electrons. The highest BCUT2D eigenvalue weighted by Crippen LogP contribution is 2.48. The number of fused-ring (bicyclic) bond motifs is 2. The number of aromatic nitrogens is 4. The van der Waals surface area contributed by atoms with Crippen LogP contribution in [0, 0.1) is 23.2 Å². The topological polar surface area (TPSA) is 216 Å². The standard InChI is InChI=1S/C46H54N10O6/c1-25(2)39(53-46(60)61-5)43(57)54-20-6-8-37(54)41-49-31-16-12-28(22-33(31)51-41)35-18-19-36(56(35)30-14-10-27(24-47)11-15-30)29-13-17-32-34(23-29)52-42(50-32)38-9-7-21-55(38)44(58)40(26(3)4)62-45(48)59/h10-17,22-23,25-26,35-40H,6-9,18-21H2,1-5H3,(H2,48,59)(H,49,51)(H,50,52)(H,53,60)/t35-,36-,37+,38+,39+,40?/m1/s1. The van der Waals surface area contributed by atoms with Crippen LogP contribution in [0.5, 0.6) is 0 Å². The third kappa shape index (κ3) is 8.11. The number of methoxy groups -OCH3 is 1. The summed E-state index contributed by atoms with van der Waals surface area (Å²) in [5.41, 5.74) is 12.4. The molecule has 3 aliphatic heterocycles. The van der Waals surface area contributed by atoms with Gasteiger partial charge >= 0.3 is 12.2 Å². The summed E-state index contributed by atoms with van der Waals surface area (Å²) in [6.07, 6.45) is 2.22. The number of rotatable bonds is 11. The number of carbonyl (C=O) groups is 4. The Morgan fingerprint density at radius 3 is 1.95 bits per heavy atom. The van der Waals surface area contributed by atoms with Crippen LogP contribution in [0.4, 0.5) is 15.3 Å². The number of carbonyl (C=O) groups excluding carboxylic acids is 4. The molecular weight excluding hydrogens is 789 g/mol. The minimum Gasteiger partial charge on any atom is -0.453 e. The Morgan fingerprint density at radius 2 is 1.35 bits per heavy atom. The number of ether oxygens (including phenoxy) is 2. The van der Waals surface area contributed by atoms with E-state index in [0.717, 1.165) is 77.4 Å². The highest BCUT2D eigenvalue weighted by molar-refractivity contribution is 5.87. The zero-order valence-corrected chi connectivity index (χ0v) is 35.8. The van der Waals surface area contributed by atoms with Crippen molar-refractivity contribution in [3.63, 3.8) is 0 Å². The number of primary amides is 1. The van der Waals surface area contributed by atoms with E-state index in [2.05, 4.69) is 56.6 Å². The summed E-state index contributed by atoms with van der Waals surface area (Å²) < 4.78 is 10.1. The molecule has 5 aromatic rings. The zero-order valence-electron chi connectivity index (χ0n) is 35.8. The predicted octanol–water partition coefficient (Wildman–Crippen LogP) is 7.22. The maximum absolute atomic E-state index is 13.8. The number of likely N-dealkylation sites (tertiary alicyclic amines) is 2. The van der Waals surface area contributed by atoms with Crippen molar-refractivity contribution in [3.05, 3.63) is 89.0 Å². The first-order chi connectivity index (χ1) is 29.8. The molecule has 1 unspecified atom stereocenters. The molecule has 16 nitrogen and oxygen atoms in total. The molecule has 62 heavy (non-hydrogen) atoms. The van der Waals surface area contributed by atoms with Gasteiger partial charge in [-0.15, -0.1) is 0 Å². The SMILES string of the molecule is COC(=O)N[C@H](C(=O)N1CCC[C@H]1c1nc2cc([C@H]3CC[C@H](c4ccc5nc([C@@H]6CCCN6C(=O)C(OC(N)=O)C(C)C)[nH]c5c4)N3c3ccc(C#N)cc3)ccc2[nH]1)C(C)C. The van der Waals surface area contributed by atoms with Crippen LogP contribution in [0.15, 0.2) is 60.7 Å². The van der Waals surface area contributed by atoms with Crippen molar-refractivity contribution < 1.29 is 28.7 Å². The summed E-state index contributed by atoms with van der Waals surface area (Å²) in [6.45, 7) is 8.55. The minimum absolute atomic E-state index is 0.0117. The quantitative estimate of drug-likeness (QED) is 0.105. The summed E-state index contributed by atoms with van der Waals surface area (Å²) in [5, 5.41) is 12.3. The summed E-state index contributed by atoms with van der Waals surface area (Å²) in [6, 6.07) is 21.3. The maximum atomic E-state index is 13.8. The first-order valence-corrected chi connectivity index (χ1v) is 21.5. The molecule has 3 fully saturated rings. The lowest BCUT2D eigenvalue weighted by atomic mass is 10.0. The molecule has 0 saturated carbocycles. The van der Waals surface area contributed by atoms with Gasteiger partial charge in [0, 0.05) is 18.8 Å². The van der Waals surface area contributed by atoms with Crippen LogP contribution in [0.2, 0.25) is 0 Å². The van der Waals surface area contributed by atoms with Gasteiger partial charge in [0.05, 0.1) is 65.0 Å². The fourth-order valence-electron chi connectivity index (χ4n) is 9.62. The van der Waals surface area contributed by atoms with Crippen LogP contribution in [0.3, 0.4) is 0 Å². The van der Waals surface area contributed by atoms with Crippen molar-refractivity contribution in [2.75, 3.05) is 25.1 Å². The zero-order chi connectivity index (χ0) is 43.8. The molecule has 6 atom stereocenters. The van der Waals surface area contributed by atoms with Crippen LogP contribution >= 0.6 is 0 Å². The molecule has 0 aliphatic carbocycles. The number of nitriles is 1. The first-order valence-electron chi connectivity index (χ1n) is 21.5. The van der Waals surface area contributed by atoms with E-state index in [4.69, 9.17) is 25.2 Å². The van der Waals surface area contributed by atoms with Crippen molar-refractivity contribution >= 4 is 51.8 Å². The van der Waals surface area contributed by atoms with E-state index in [-0.39, 0.29) is 47.8 Å². The van der Waals surface area contributed by atoms with Crippen molar-refractivity contribution in [2.24, 2.45) is 17.6 Å². The van der Waals surface area contributed by atoms with Crippen molar-refractivity contribution in [2.45, 2.75) is 103 Å². The van der Waals surface area contributed by atoms with Crippen molar-refractivity contribution in [1.29, 1.82) is 5.26 Å². The highest BCUT2D eigenvalue weighted by Gasteiger charge is 2.41. The van der Waals surface area contributed by atoms with Crippen LogP contribution in [0.1, 0.15) is 119 Å². The van der Waals surface area contributed by atoms with E-state index in [0.29, 0.717) is 30.3 Å². The Balaban J connectivity index is 1.07. The van der Waals surface area contributed by atoms with Crippen LogP contribution in [-0.2, 0) is 19.1 Å². The summed E-state index contributed by atoms with van der Waals surface area (Å²) in [5.74, 6) is 0.590. The molecule has 5 N–H and O–H groups in total. The number of benzene rings is 3. The Bertz CT molecular complexity index is 2520. The molecule has 2 aromatic heterocycles. The normalized spacial score (nSPS) is 21.2. The predicted molar refractivity (Wildman–Crippen MR) is 231 cm³/mol. The van der Waals surface area contributed by atoms with Gasteiger partial charge in [-0.3, -0.25) is 9.59 Å². The van der Waals surface area contributed by atoms with Crippen molar-refractivity contribution in [3.8, 4) is 6.07 Å². The number of nitrogens with one attached hydrogen (secondary N) is 3. The molecular formula is C46H54N10O6. The van der Waals surface area contributed by atoms with Gasteiger partial charge in [-0.25, -0.2) is 19.6 Å². The molecule has 324 valence electrons. The summed E-state index contributed by atoms with van der Waals surface area (Å²) in [4.78, 5) is 74.3. The molecule has 8 rings (SSSR count). The Morgan fingerprint density at radius 1 is 0.758 bits per heavy atom. The number of alkyl carbamates (subject to hydrolysis) is 1. The fourth-order valence-corrected chi connectivity index (χ4v) is 9.62. The third-order valence-corrected chi connectivity index (χ3v) is 12.7. The number of imidazole rings is 2. The molecule has 0 bridgehead atoms. The molecule has 5 heterocycles.